The maximum Gasteiger partial charge on any atom is 0.0946 e. The lowest BCUT2D eigenvalue weighted by Crippen LogP contribution is -2.49. The molecule has 20 heavy (non-hydrogen) atoms. The van der Waals surface area contributed by atoms with Gasteiger partial charge in [0.1, 0.15) is 0 Å². The first-order chi connectivity index (χ1) is 9.49. The van der Waals surface area contributed by atoms with Gasteiger partial charge in [0.15, 0.2) is 0 Å². The molecule has 0 aromatic carbocycles. The summed E-state index contributed by atoms with van der Waals surface area (Å²) in [5, 5.41) is 3.95. The summed E-state index contributed by atoms with van der Waals surface area (Å²) in [6, 6.07) is 1.19. The van der Waals surface area contributed by atoms with E-state index in [-0.39, 0.29) is 5.41 Å². The van der Waals surface area contributed by atoms with Crippen LogP contribution in [0, 0.1) is 11.3 Å². The lowest BCUT2D eigenvalue weighted by molar-refractivity contribution is 0.184. The van der Waals surface area contributed by atoms with E-state index in [1.165, 1.54) is 32.1 Å². The largest absolute Gasteiger partial charge is 0.336 e. The number of aromatic nitrogens is 2. The highest BCUT2D eigenvalue weighted by Crippen LogP contribution is 2.29. The van der Waals surface area contributed by atoms with Crippen LogP contribution >= 0.6 is 0 Å². The molecule has 1 heterocycles. The van der Waals surface area contributed by atoms with Crippen molar-refractivity contribution in [2.24, 2.45) is 11.3 Å². The molecular formula is C17H31N3. The first-order valence-corrected chi connectivity index (χ1v) is 8.20. The van der Waals surface area contributed by atoms with Gasteiger partial charge in [0.2, 0.25) is 0 Å². The average molecular weight is 277 g/mol. The number of imidazole rings is 1. The van der Waals surface area contributed by atoms with Gasteiger partial charge < -0.3 is 9.88 Å². The van der Waals surface area contributed by atoms with E-state index in [1.54, 1.807) is 0 Å². The molecule has 1 fully saturated rings. The molecule has 1 aliphatic rings. The minimum absolute atomic E-state index is 0.267. The maximum atomic E-state index is 4.16. The van der Waals surface area contributed by atoms with Crippen LogP contribution in [0.2, 0.25) is 0 Å². The highest BCUT2D eigenvalue weighted by atomic mass is 15.1. The summed E-state index contributed by atoms with van der Waals surface area (Å²) in [5.41, 5.74) is 0.267. The highest BCUT2D eigenvalue weighted by Gasteiger charge is 2.29. The normalized spacial score (nSPS) is 25.6. The standard InChI is InChI=1S/C17H31N3/c1-5-14-7-6-8-15(11-14)19-16(17(2,3)4)12-20-10-9-18-13-20/h9-10,13-16,19H,5-8,11-12H2,1-4H3. The van der Waals surface area contributed by atoms with Crippen LogP contribution in [-0.4, -0.2) is 21.6 Å². The molecule has 0 saturated heterocycles. The van der Waals surface area contributed by atoms with Crippen LogP contribution in [0.15, 0.2) is 18.7 Å². The van der Waals surface area contributed by atoms with E-state index in [1.807, 2.05) is 12.5 Å². The van der Waals surface area contributed by atoms with Gasteiger partial charge in [-0.2, -0.15) is 0 Å². The molecule has 0 bridgehead atoms. The SMILES string of the molecule is CCC1CCCC(NC(Cn2ccnc2)C(C)(C)C)C1. The first kappa shape index (κ1) is 15.6. The Balaban J connectivity index is 1.97. The molecule has 0 aliphatic heterocycles. The Morgan fingerprint density at radius 1 is 1.35 bits per heavy atom. The van der Waals surface area contributed by atoms with Gasteiger partial charge in [-0.3, -0.25) is 0 Å². The van der Waals surface area contributed by atoms with Gasteiger partial charge in [0.25, 0.3) is 0 Å². The molecule has 114 valence electrons. The predicted molar refractivity (Wildman–Crippen MR) is 84.6 cm³/mol. The quantitative estimate of drug-likeness (QED) is 0.886. The molecule has 1 aliphatic carbocycles. The lowest BCUT2D eigenvalue weighted by atomic mass is 9.81. The molecule has 0 spiro atoms. The molecule has 0 radical (unpaired) electrons. The van der Waals surface area contributed by atoms with Gasteiger partial charge >= 0.3 is 0 Å². The lowest BCUT2D eigenvalue weighted by Gasteiger charge is -2.38. The average Bonchev–Trinajstić information content (AvgIpc) is 2.90. The Hall–Kier alpha value is -0.830. The second kappa shape index (κ2) is 6.75. The topological polar surface area (TPSA) is 29.9 Å². The van der Waals surface area contributed by atoms with Crippen LogP contribution in [0.4, 0.5) is 0 Å². The van der Waals surface area contributed by atoms with Crippen molar-refractivity contribution in [1.29, 1.82) is 0 Å². The van der Waals surface area contributed by atoms with E-state index < -0.39 is 0 Å². The van der Waals surface area contributed by atoms with Gasteiger partial charge in [-0.05, 0) is 24.2 Å². The third kappa shape index (κ3) is 4.34. The summed E-state index contributed by atoms with van der Waals surface area (Å²) in [5.74, 6) is 0.926. The molecule has 1 N–H and O–H groups in total. The van der Waals surface area contributed by atoms with E-state index in [0.29, 0.717) is 12.1 Å². The van der Waals surface area contributed by atoms with Gasteiger partial charge in [-0.15, -0.1) is 0 Å². The fourth-order valence-corrected chi connectivity index (χ4v) is 3.28. The number of hydrogen-bond donors (Lipinski definition) is 1. The Bertz CT molecular complexity index is 377. The molecule has 2 rings (SSSR count). The van der Waals surface area contributed by atoms with Crippen molar-refractivity contribution >= 4 is 0 Å². The smallest absolute Gasteiger partial charge is 0.0946 e. The zero-order valence-corrected chi connectivity index (χ0v) is 13.6. The van der Waals surface area contributed by atoms with Crippen LogP contribution in [0.3, 0.4) is 0 Å². The highest BCUT2D eigenvalue weighted by molar-refractivity contribution is 4.88. The summed E-state index contributed by atoms with van der Waals surface area (Å²) < 4.78 is 2.20. The molecule has 1 saturated carbocycles. The summed E-state index contributed by atoms with van der Waals surface area (Å²) in [6.07, 6.45) is 12.7. The zero-order valence-electron chi connectivity index (χ0n) is 13.6. The molecule has 0 amide bonds. The van der Waals surface area contributed by atoms with Crippen molar-refractivity contribution in [3.63, 3.8) is 0 Å². The number of nitrogens with one attached hydrogen (secondary N) is 1. The molecule has 3 atom stereocenters. The number of nitrogens with zero attached hydrogens (tertiary/aromatic N) is 2. The Morgan fingerprint density at radius 2 is 2.15 bits per heavy atom. The summed E-state index contributed by atoms with van der Waals surface area (Å²) in [4.78, 5) is 4.16. The second-order valence-corrected chi connectivity index (χ2v) is 7.48. The number of rotatable bonds is 5. The Morgan fingerprint density at radius 3 is 2.75 bits per heavy atom. The van der Waals surface area contributed by atoms with Crippen molar-refractivity contribution in [2.75, 3.05) is 0 Å². The fourth-order valence-electron chi connectivity index (χ4n) is 3.28. The molecule has 3 unspecified atom stereocenters. The Labute approximate surface area is 124 Å². The van der Waals surface area contributed by atoms with Crippen LogP contribution in [0.25, 0.3) is 0 Å². The summed E-state index contributed by atoms with van der Waals surface area (Å²) in [6.45, 7) is 10.3. The van der Waals surface area contributed by atoms with Gasteiger partial charge in [0, 0.05) is 31.0 Å². The summed E-state index contributed by atoms with van der Waals surface area (Å²) >= 11 is 0. The molecule has 3 heteroatoms. The molecular weight excluding hydrogens is 246 g/mol. The maximum absolute atomic E-state index is 4.16. The van der Waals surface area contributed by atoms with Gasteiger partial charge in [0.05, 0.1) is 6.33 Å². The molecule has 1 aromatic rings. The van der Waals surface area contributed by atoms with Crippen LogP contribution in [0.1, 0.15) is 59.8 Å². The Kier molecular flexibility index (Phi) is 5.25. The zero-order chi connectivity index (χ0) is 14.6. The van der Waals surface area contributed by atoms with E-state index >= 15 is 0 Å². The minimum Gasteiger partial charge on any atom is -0.336 e. The second-order valence-electron chi connectivity index (χ2n) is 7.48. The van der Waals surface area contributed by atoms with Crippen molar-refractivity contribution in [3.8, 4) is 0 Å². The molecule has 3 nitrogen and oxygen atoms in total. The van der Waals surface area contributed by atoms with Crippen molar-refractivity contribution in [1.82, 2.24) is 14.9 Å². The van der Waals surface area contributed by atoms with E-state index in [4.69, 9.17) is 0 Å². The van der Waals surface area contributed by atoms with Crippen molar-refractivity contribution in [2.45, 2.75) is 78.4 Å². The van der Waals surface area contributed by atoms with Gasteiger partial charge in [-0.25, -0.2) is 4.98 Å². The third-order valence-electron chi connectivity index (χ3n) is 4.80. The van der Waals surface area contributed by atoms with Crippen molar-refractivity contribution < 1.29 is 0 Å². The molecule has 1 aromatic heterocycles. The van der Waals surface area contributed by atoms with Crippen LogP contribution in [-0.2, 0) is 6.54 Å². The fraction of sp³-hybridized carbons (Fsp3) is 0.824. The van der Waals surface area contributed by atoms with E-state index in [2.05, 4.69) is 48.8 Å². The third-order valence-corrected chi connectivity index (χ3v) is 4.80. The number of hydrogen-bond acceptors (Lipinski definition) is 2. The monoisotopic (exact) mass is 277 g/mol. The van der Waals surface area contributed by atoms with Crippen molar-refractivity contribution in [3.05, 3.63) is 18.7 Å². The minimum atomic E-state index is 0.267. The predicted octanol–water partition coefficient (Wildman–Crippen LogP) is 3.86. The van der Waals surface area contributed by atoms with E-state index in [0.717, 1.165) is 12.5 Å². The van der Waals surface area contributed by atoms with Crippen LogP contribution in [0.5, 0.6) is 0 Å². The first-order valence-electron chi connectivity index (χ1n) is 8.20. The van der Waals surface area contributed by atoms with Gasteiger partial charge in [-0.1, -0.05) is 47.0 Å². The van der Waals surface area contributed by atoms with Crippen LogP contribution < -0.4 is 5.32 Å². The summed E-state index contributed by atoms with van der Waals surface area (Å²) in [7, 11) is 0. The van der Waals surface area contributed by atoms with E-state index in [9.17, 15) is 0 Å².